The molecule has 0 unspecified atom stereocenters. The lowest BCUT2D eigenvalue weighted by atomic mass is 10.1. The standard InChI is InChI=1S/C11H17ClN2O2S/c1-8-4-5-9(12)10(6-8)17(15,16)14-7-11(2,3)13/h4-6,14H,7,13H2,1-3H3. The van der Waals surface area contributed by atoms with Crippen molar-refractivity contribution in [3.05, 3.63) is 28.8 Å². The molecule has 0 fully saturated rings. The van der Waals surface area contributed by atoms with Crippen LogP contribution in [-0.2, 0) is 10.0 Å². The molecule has 0 bridgehead atoms. The SMILES string of the molecule is Cc1ccc(Cl)c(S(=O)(=O)NCC(C)(C)N)c1. The fraction of sp³-hybridized carbons (Fsp3) is 0.455. The molecular weight excluding hydrogens is 260 g/mol. The normalized spacial score (nSPS) is 12.8. The van der Waals surface area contributed by atoms with Gasteiger partial charge in [0.15, 0.2) is 0 Å². The maximum atomic E-state index is 12.0. The van der Waals surface area contributed by atoms with Crippen molar-refractivity contribution in [3.63, 3.8) is 0 Å². The van der Waals surface area contributed by atoms with E-state index in [1.54, 1.807) is 26.0 Å². The second kappa shape index (κ2) is 4.94. The molecule has 0 aliphatic carbocycles. The van der Waals surface area contributed by atoms with E-state index in [0.717, 1.165) is 5.56 Å². The van der Waals surface area contributed by atoms with Crippen molar-refractivity contribution in [2.75, 3.05) is 6.54 Å². The Kier molecular flexibility index (Phi) is 4.19. The first-order valence-electron chi connectivity index (χ1n) is 5.16. The fourth-order valence-electron chi connectivity index (χ4n) is 1.18. The van der Waals surface area contributed by atoms with Gasteiger partial charge in [0.05, 0.1) is 5.02 Å². The topological polar surface area (TPSA) is 72.2 Å². The summed E-state index contributed by atoms with van der Waals surface area (Å²) in [5.41, 5.74) is 5.96. The van der Waals surface area contributed by atoms with Gasteiger partial charge in [0.25, 0.3) is 0 Å². The van der Waals surface area contributed by atoms with E-state index in [1.807, 2.05) is 6.92 Å². The quantitative estimate of drug-likeness (QED) is 0.879. The van der Waals surface area contributed by atoms with E-state index in [1.165, 1.54) is 6.07 Å². The molecule has 17 heavy (non-hydrogen) atoms. The molecule has 0 spiro atoms. The third kappa shape index (κ3) is 4.27. The van der Waals surface area contributed by atoms with Gasteiger partial charge >= 0.3 is 0 Å². The largest absolute Gasteiger partial charge is 0.324 e. The van der Waals surface area contributed by atoms with Gasteiger partial charge in [-0.25, -0.2) is 13.1 Å². The van der Waals surface area contributed by atoms with E-state index in [-0.39, 0.29) is 16.5 Å². The Morgan fingerprint density at radius 2 is 2.00 bits per heavy atom. The highest BCUT2D eigenvalue weighted by molar-refractivity contribution is 7.89. The number of hydrogen-bond donors (Lipinski definition) is 2. The van der Waals surface area contributed by atoms with Gasteiger partial charge in [-0.05, 0) is 38.5 Å². The summed E-state index contributed by atoms with van der Waals surface area (Å²) in [7, 11) is -3.61. The molecule has 0 aliphatic rings. The van der Waals surface area contributed by atoms with Gasteiger partial charge in [-0.15, -0.1) is 0 Å². The molecule has 0 saturated carbocycles. The third-order valence-corrected chi connectivity index (χ3v) is 3.98. The Labute approximate surface area is 107 Å². The highest BCUT2D eigenvalue weighted by Gasteiger charge is 2.21. The number of nitrogens with two attached hydrogens (primary N) is 1. The molecule has 4 nitrogen and oxygen atoms in total. The lowest BCUT2D eigenvalue weighted by molar-refractivity contribution is 0.498. The average molecular weight is 277 g/mol. The van der Waals surface area contributed by atoms with Gasteiger partial charge in [0.2, 0.25) is 10.0 Å². The summed E-state index contributed by atoms with van der Waals surface area (Å²) in [5, 5.41) is 0.206. The van der Waals surface area contributed by atoms with Crippen molar-refractivity contribution in [1.29, 1.82) is 0 Å². The summed E-state index contributed by atoms with van der Waals surface area (Å²) in [6.45, 7) is 5.45. The summed E-state index contributed by atoms with van der Waals surface area (Å²) in [6, 6.07) is 4.86. The maximum absolute atomic E-state index is 12.0. The first-order valence-corrected chi connectivity index (χ1v) is 7.03. The van der Waals surface area contributed by atoms with Gasteiger partial charge in [0, 0.05) is 12.1 Å². The van der Waals surface area contributed by atoms with Gasteiger partial charge < -0.3 is 5.73 Å². The van der Waals surface area contributed by atoms with Crippen molar-refractivity contribution in [2.24, 2.45) is 5.73 Å². The molecule has 1 aromatic rings. The molecule has 96 valence electrons. The highest BCUT2D eigenvalue weighted by atomic mass is 35.5. The van der Waals surface area contributed by atoms with Crippen LogP contribution in [0.3, 0.4) is 0 Å². The van der Waals surface area contributed by atoms with Crippen LogP contribution >= 0.6 is 11.6 Å². The second-order valence-corrected chi connectivity index (χ2v) is 6.89. The maximum Gasteiger partial charge on any atom is 0.242 e. The van der Waals surface area contributed by atoms with Gasteiger partial charge in [-0.3, -0.25) is 0 Å². The Balaban J connectivity index is 3.02. The van der Waals surface area contributed by atoms with Crippen LogP contribution in [-0.4, -0.2) is 20.5 Å². The third-order valence-electron chi connectivity index (χ3n) is 2.09. The number of aryl methyl sites for hydroxylation is 1. The number of sulfonamides is 1. The van der Waals surface area contributed by atoms with E-state index in [2.05, 4.69) is 4.72 Å². The first kappa shape index (κ1) is 14.4. The molecule has 1 rings (SSSR count). The minimum Gasteiger partial charge on any atom is -0.324 e. The molecule has 0 heterocycles. The van der Waals surface area contributed by atoms with Crippen molar-refractivity contribution in [3.8, 4) is 0 Å². The molecule has 0 aliphatic heterocycles. The molecule has 1 aromatic carbocycles. The molecule has 0 aromatic heterocycles. The second-order valence-electron chi connectivity index (χ2n) is 4.75. The van der Waals surface area contributed by atoms with E-state index < -0.39 is 15.6 Å². The van der Waals surface area contributed by atoms with Crippen LogP contribution in [0.25, 0.3) is 0 Å². The van der Waals surface area contributed by atoms with Crippen molar-refractivity contribution >= 4 is 21.6 Å². The summed E-state index contributed by atoms with van der Waals surface area (Å²) in [4.78, 5) is 0.0865. The van der Waals surface area contributed by atoms with Gasteiger partial charge in [0.1, 0.15) is 4.90 Å². The van der Waals surface area contributed by atoms with Gasteiger partial charge in [-0.1, -0.05) is 17.7 Å². The van der Waals surface area contributed by atoms with Crippen LogP contribution in [0.15, 0.2) is 23.1 Å². The number of benzene rings is 1. The number of rotatable bonds is 4. The summed E-state index contributed by atoms with van der Waals surface area (Å²) in [6.07, 6.45) is 0. The van der Waals surface area contributed by atoms with E-state index in [4.69, 9.17) is 17.3 Å². The van der Waals surface area contributed by atoms with Crippen molar-refractivity contribution in [1.82, 2.24) is 4.72 Å². The zero-order chi connectivity index (χ0) is 13.3. The van der Waals surface area contributed by atoms with Crippen LogP contribution in [0.5, 0.6) is 0 Å². The Hall–Kier alpha value is -0.620. The van der Waals surface area contributed by atoms with E-state index >= 15 is 0 Å². The monoisotopic (exact) mass is 276 g/mol. The van der Waals surface area contributed by atoms with Crippen LogP contribution < -0.4 is 10.5 Å². The van der Waals surface area contributed by atoms with Crippen LogP contribution in [0.2, 0.25) is 5.02 Å². The predicted molar refractivity (Wildman–Crippen MR) is 69.6 cm³/mol. The highest BCUT2D eigenvalue weighted by Crippen LogP contribution is 2.22. The van der Waals surface area contributed by atoms with E-state index in [9.17, 15) is 8.42 Å². The first-order chi connectivity index (χ1) is 7.62. The number of nitrogens with one attached hydrogen (secondary N) is 1. The Morgan fingerprint density at radius 3 is 2.53 bits per heavy atom. The number of halogens is 1. The molecule has 0 radical (unpaired) electrons. The van der Waals surface area contributed by atoms with E-state index in [0.29, 0.717) is 0 Å². The Bertz CT molecular complexity index is 507. The van der Waals surface area contributed by atoms with Crippen molar-refractivity contribution in [2.45, 2.75) is 31.2 Å². The minimum atomic E-state index is -3.61. The summed E-state index contributed by atoms with van der Waals surface area (Å²) in [5.74, 6) is 0. The molecule has 3 N–H and O–H groups in total. The predicted octanol–water partition coefficient (Wildman–Crippen LogP) is 1.66. The van der Waals surface area contributed by atoms with Crippen LogP contribution in [0.4, 0.5) is 0 Å². The zero-order valence-electron chi connectivity index (χ0n) is 10.1. The summed E-state index contributed by atoms with van der Waals surface area (Å²) >= 11 is 5.88. The van der Waals surface area contributed by atoms with Gasteiger partial charge in [-0.2, -0.15) is 0 Å². The van der Waals surface area contributed by atoms with Crippen LogP contribution in [0.1, 0.15) is 19.4 Å². The van der Waals surface area contributed by atoms with Crippen molar-refractivity contribution < 1.29 is 8.42 Å². The zero-order valence-corrected chi connectivity index (χ0v) is 11.7. The molecule has 0 amide bonds. The lowest BCUT2D eigenvalue weighted by Crippen LogP contribution is -2.45. The number of hydrogen-bond acceptors (Lipinski definition) is 3. The average Bonchev–Trinajstić information content (AvgIpc) is 2.18. The minimum absolute atomic E-state index is 0.0865. The molecule has 0 saturated heterocycles. The van der Waals surface area contributed by atoms with Crippen LogP contribution in [0, 0.1) is 6.92 Å². The molecular formula is C11H17ClN2O2S. The smallest absolute Gasteiger partial charge is 0.242 e. The Morgan fingerprint density at radius 1 is 1.41 bits per heavy atom. The lowest BCUT2D eigenvalue weighted by Gasteiger charge is -2.19. The molecule has 0 atom stereocenters. The fourth-order valence-corrected chi connectivity index (χ4v) is 2.98. The summed E-state index contributed by atoms with van der Waals surface area (Å²) < 4.78 is 26.4. The molecule has 6 heteroatoms.